The first kappa shape index (κ1) is 12.9. The second-order valence-electron chi connectivity index (χ2n) is 2.52. The van der Waals surface area contributed by atoms with Gasteiger partial charge in [-0.15, -0.1) is 0 Å². The number of rotatable bonds is 3. The summed E-state index contributed by atoms with van der Waals surface area (Å²) in [4.78, 5) is 11.8. The molecule has 1 unspecified atom stereocenters. The summed E-state index contributed by atoms with van der Waals surface area (Å²) in [6.45, 7) is 0. The van der Waals surface area contributed by atoms with Crippen molar-refractivity contribution in [2.75, 3.05) is 0 Å². The molecule has 1 atom stereocenters. The van der Waals surface area contributed by atoms with Gasteiger partial charge in [-0.1, -0.05) is 46.6 Å². The van der Waals surface area contributed by atoms with Crippen molar-refractivity contribution in [1.29, 1.82) is 0 Å². The lowest BCUT2D eigenvalue weighted by Gasteiger charge is -2.07. The third kappa shape index (κ3) is 3.74. The van der Waals surface area contributed by atoms with Gasteiger partial charge in [0.15, 0.2) is 4.71 Å². The van der Waals surface area contributed by atoms with E-state index in [9.17, 15) is 4.79 Å². The normalized spacial score (nSPS) is 12.3. The standard InChI is InChI=1S/C8H7Cl3N2OS/c9-5-2-1-4(3-6(5)10)15-7(11)8(14)13-12/h1-3,7H,12H2,(H,13,14). The second kappa shape index (κ2) is 5.82. The van der Waals surface area contributed by atoms with Crippen LogP contribution in [0.3, 0.4) is 0 Å². The lowest BCUT2D eigenvalue weighted by molar-refractivity contribution is -0.119. The number of carbonyl (C=O) groups is 1. The fourth-order valence-electron chi connectivity index (χ4n) is 0.789. The zero-order valence-electron chi connectivity index (χ0n) is 7.34. The minimum Gasteiger partial charge on any atom is -0.292 e. The highest BCUT2D eigenvalue weighted by Gasteiger charge is 2.15. The molecule has 0 aliphatic heterocycles. The zero-order chi connectivity index (χ0) is 11.4. The van der Waals surface area contributed by atoms with Gasteiger partial charge in [0, 0.05) is 4.90 Å². The second-order valence-corrected chi connectivity index (χ2v) is 5.21. The molecule has 0 saturated heterocycles. The number of nitrogens with one attached hydrogen (secondary N) is 1. The molecule has 0 aliphatic carbocycles. The summed E-state index contributed by atoms with van der Waals surface area (Å²) in [5, 5.41) is 0.870. The van der Waals surface area contributed by atoms with Crippen LogP contribution in [0.4, 0.5) is 0 Å². The minimum absolute atomic E-state index is 0.415. The molecule has 1 amide bonds. The SMILES string of the molecule is NNC(=O)C(Cl)Sc1ccc(Cl)c(Cl)c1. The summed E-state index contributed by atoms with van der Waals surface area (Å²) in [6.07, 6.45) is 0. The Balaban J connectivity index is 2.73. The van der Waals surface area contributed by atoms with Crippen LogP contribution in [0.2, 0.25) is 10.0 Å². The van der Waals surface area contributed by atoms with Crippen LogP contribution in [0.15, 0.2) is 23.1 Å². The first-order valence-corrected chi connectivity index (χ1v) is 5.88. The van der Waals surface area contributed by atoms with Gasteiger partial charge in [0.05, 0.1) is 10.0 Å². The molecule has 1 aromatic carbocycles. The molecule has 15 heavy (non-hydrogen) atoms. The monoisotopic (exact) mass is 284 g/mol. The van der Waals surface area contributed by atoms with Crippen LogP contribution in [0, 0.1) is 0 Å². The quantitative estimate of drug-likeness (QED) is 0.295. The van der Waals surface area contributed by atoms with Crippen LogP contribution in [0.1, 0.15) is 0 Å². The Bertz CT molecular complexity index is 375. The van der Waals surface area contributed by atoms with E-state index in [1.165, 1.54) is 0 Å². The Labute approximate surface area is 106 Å². The highest BCUT2D eigenvalue weighted by Crippen LogP contribution is 2.31. The lowest BCUT2D eigenvalue weighted by atomic mass is 10.4. The maximum absolute atomic E-state index is 11.0. The number of alkyl halides is 1. The van der Waals surface area contributed by atoms with Crippen LogP contribution in [0.25, 0.3) is 0 Å². The van der Waals surface area contributed by atoms with E-state index in [1.807, 2.05) is 5.43 Å². The number of nitrogens with two attached hydrogens (primary N) is 1. The highest BCUT2D eigenvalue weighted by molar-refractivity contribution is 8.01. The average Bonchev–Trinajstić information content (AvgIpc) is 2.22. The highest BCUT2D eigenvalue weighted by atomic mass is 35.5. The summed E-state index contributed by atoms with van der Waals surface area (Å²) >= 11 is 18.4. The molecular weight excluding hydrogens is 279 g/mol. The van der Waals surface area contributed by atoms with E-state index < -0.39 is 10.6 Å². The van der Waals surface area contributed by atoms with Gasteiger partial charge in [-0.2, -0.15) is 0 Å². The van der Waals surface area contributed by atoms with Gasteiger partial charge in [-0.3, -0.25) is 10.2 Å². The van der Waals surface area contributed by atoms with Crippen LogP contribution in [0.5, 0.6) is 0 Å². The van der Waals surface area contributed by atoms with Gasteiger partial charge in [-0.25, -0.2) is 5.84 Å². The van der Waals surface area contributed by atoms with E-state index in [0.717, 1.165) is 16.7 Å². The van der Waals surface area contributed by atoms with E-state index in [4.69, 9.17) is 40.6 Å². The third-order valence-corrected chi connectivity index (χ3v) is 3.63. The maximum Gasteiger partial charge on any atom is 0.262 e. The predicted octanol–water partition coefficient (Wildman–Crippen LogP) is 2.64. The Morgan fingerprint density at radius 3 is 2.60 bits per heavy atom. The van der Waals surface area contributed by atoms with Crippen molar-refractivity contribution in [3.8, 4) is 0 Å². The topological polar surface area (TPSA) is 55.1 Å². The number of amides is 1. The Morgan fingerprint density at radius 2 is 2.07 bits per heavy atom. The molecule has 0 bridgehead atoms. The Hall–Kier alpha value is -0.130. The van der Waals surface area contributed by atoms with Crippen molar-refractivity contribution >= 4 is 52.5 Å². The number of halogens is 3. The predicted molar refractivity (Wildman–Crippen MR) is 64.3 cm³/mol. The smallest absolute Gasteiger partial charge is 0.262 e. The van der Waals surface area contributed by atoms with E-state index in [1.54, 1.807) is 18.2 Å². The van der Waals surface area contributed by atoms with Crippen LogP contribution in [-0.4, -0.2) is 10.6 Å². The molecule has 1 rings (SSSR count). The molecule has 3 N–H and O–H groups in total. The summed E-state index contributed by atoms with van der Waals surface area (Å²) < 4.78 is -0.799. The summed E-state index contributed by atoms with van der Waals surface area (Å²) in [5.41, 5.74) is 1.96. The lowest BCUT2D eigenvalue weighted by Crippen LogP contribution is -2.35. The van der Waals surface area contributed by atoms with Gasteiger partial charge in [0.2, 0.25) is 0 Å². The number of carbonyl (C=O) groups excluding carboxylic acids is 1. The third-order valence-electron chi connectivity index (χ3n) is 1.48. The van der Waals surface area contributed by atoms with Gasteiger partial charge in [0.25, 0.3) is 5.91 Å². The van der Waals surface area contributed by atoms with Gasteiger partial charge in [-0.05, 0) is 18.2 Å². The van der Waals surface area contributed by atoms with Crippen molar-refractivity contribution in [3.05, 3.63) is 28.2 Å². The van der Waals surface area contributed by atoms with Gasteiger partial charge in [0.1, 0.15) is 0 Å². The largest absolute Gasteiger partial charge is 0.292 e. The molecule has 0 spiro atoms. The number of thioether (sulfide) groups is 1. The number of benzene rings is 1. The molecule has 82 valence electrons. The number of hydrogen-bond donors (Lipinski definition) is 2. The summed E-state index contributed by atoms with van der Waals surface area (Å²) in [6, 6.07) is 4.99. The zero-order valence-corrected chi connectivity index (χ0v) is 10.4. The van der Waals surface area contributed by atoms with Crippen molar-refractivity contribution in [3.63, 3.8) is 0 Å². The molecular formula is C8H7Cl3N2OS. The van der Waals surface area contributed by atoms with Gasteiger partial charge >= 0.3 is 0 Å². The Morgan fingerprint density at radius 1 is 1.40 bits per heavy atom. The number of hydrazine groups is 1. The van der Waals surface area contributed by atoms with Crippen molar-refractivity contribution in [1.82, 2.24) is 5.43 Å². The van der Waals surface area contributed by atoms with Crippen LogP contribution < -0.4 is 11.3 Å². The molecule has 1 aromatic rings. The average molecular weight is 286 g/mol. The van der Waals surface area contributed by atoms with E-state index in [2.05, 4.69) is 0 Å². The van der Waals surface area contributed by atoms with Crippen LogP contribution in [-0.2, 0) is 4.79 Å². The molecule has 7 heteroatoms. The van der Waals surface area contributed by atoms with Crippen molar-refractivity contribution in [2.24, 2.45) is 5.84 Å². The fraction of sp³-hybridized carbons (Fsp3) is 0.125. The van der Waals surface area contributed by atoms with Gasteiger partial charge < -0.3 is 0 Å². The summed E-state index contributed by atoms with van der Waals surface area (Å²) in [7, 11) is 0. The fourth-order valence-corrected chi connectivity index (χ4v) is 2.27. The molecule has 0 aromatic heterocycles. The molecule has 3 nitrogen and oxygen atoms in total. The van der Waals surface area contributed by atoms with E-state index in [-0.39, 0.29) is 0 Å². The number of hydrogen-bond acceptors (Lipinski definition) is 3. The van der Waals surface area contributed by atoms with Crippen molar-refractivity contribution < 1.29 is 4.79 Å². The molecule has 0 heterocycles. The Kier molecular flexibility index (Phi) is 5.02. The maximum atomic E-state index is 11.0. The first-order chi connectivity index (χ1) is 7.04. The van der Waals surface area contributed by atoms with E-state index in [0.29, 0.717) is 10.0 Å². The first-order valence-electron chi connectivity index (χ1n) is 3.81. The molecule has 0 aliphatic rings. The molecule has 0 fully saturated rings. The molecule has 0 saturated carbocycles. The van der Waals surface area contributed by atoms with Crippen molar-refractivity contribution in [2.45, 2.75) is 9.60 Å². The molecule has 0 radical (unpaired) electrons. The summed E-state index contributed by atoms with van der Waals surface area (Å²) in [5.74, 6) is 4.47. The minimum atomic E-state index is -0.799. The van der Waals surface area contributed by atoms with E-state index >= 15 is 0 Å². The van der Waals surface area contributed by atoms with Crippen LogP contribution >= 0.6 is 46.6 Å².